The van der Waals surface area contributed by atoms with Gasteiger partial charge in [0, 0.05) is 24.3 Å². The van der Waals surface area contributed by atoms with E-state index < -0.39 is 5.95 Å². The Hall–Kier alpha value is -3.20. The molecule has 1 amide bonds. The van der Waals surface area contributed by atoms with Gasteiger partial charge in [0.1, 0.15) is 11.5 Å². The summed E-state index contributed by atoms with van der Waals surface area (Å²) in [6, 6.07) is 14.3. The van der Waals surface area contributed by atoms with E-state index in [0.717, 1.165) is 0 Å². The standard InChI is InChI=1S/C20H21N3O5S/c1-3-27-17-7-5-4-6-16(17)21-18(24)12-13-29-19-20(25)28-22-23(19)14-8-10-15(26-2)11-9-14/h4-11H,3,12-13H2,1-2H3,(H-,21,22,24,25). The number of aromatic nitrogens is 2. The van der Waals surface area contributed by atoms with Crippen LogP contribution in [0.2, 0.25) is 0 Å². The van der Waals surface area contributed by atoms with Gasteiger partial charge in [0.2, 0.25) is 11.6 Å². The van der Waals surface area contributed by atoms with Crippen LogP contribution in [0.3, 0.4) is 0 Å². The number of thioether (sulfide) groups is 1. The molecule has 3 aromatic rings. The minimum Gasteiger partial charge on any atom is -0.538 e. The average Bonchev–Trinajstić information content (AvgIpc) is 3.10. The molecule has 3 rings (SSSR count). The molecule has 0 fully saturated rings. The molecule has 1 heterocycles. The highest BCUT2D eigenvalue weighted by Gasteiger charge is 2.21. The third-order valence-corrected chi connectivity index (χ3v) is 4.94. The van der Waals surface area contributed by atoms with Crippen LogP contribution in [0.1, 0.15) is 13.3 Å². The predicted molar refractivity (Wildman–Crippen MR) is 106 cm³/mol. The summed E-state index contributed by atoms with van der Waals surface area (Å²) >= 11 is 1.21. The van der Waals surface area contributed by atoms with E-state index in [2.05, 4.69) is 10.6 Å². The van der Waals surface area contributed by atoms with E-state index in [4.69, 9.17) is 14.0 Å². The molecule has 9 heteroatoms. The van der Waals surface area contributed by atoms with Crippen molar-refractivity contribution in [2.24, 2.45) is 0 Å². The second-order valence-corrected chi connectivity index (χ2v) is 6.93. The molecule has 0 saturated heterocycles. The monoisotopic (exact) mass is 415 g/mol. The average molecular weight is 415 g/mol. The van der Waals surface area contributed by atoms with Gasteiger partial charge < -0.3 is 24.4 Å². The van der Waals surface area contributed by atoms with E-state index in [1.54, 1.807) is 43.5 Å². The van der Waals surface area contributed by atoms with Crippen LogP contribution in [0, 0.1) is 0 Å². The number of hydrogen-bond donors (Lipinski definition) is 1. The number of hydrogen-bond acceptors (Lipinski definition) is 7. The minimum atomic E-state index is -0.548. The van der Waals surface area contributed by atoms with Crippen molar-refractivity contribution in [3.63, 3.8) is 0 Å². The van der Waals surface area contributed by atoms with Crippen LogP contribution in [-0.2, 0) is 4.79 Å². The van der Waals surface area contributed by atoms with Crippen molar-refractivity contribution in [2.45, 2.75) is 18.4 Å². The van der Waals surface area contributed by atoms with Crippen molar-refractivity contribution in [1.29, 1.82) is 0 Å². The summed E-state index contributed by atoms with van der Waals surface area (Å²) in [7, 11) is 1.58. The first-order valence-electron chi connectivity index (χ1n) is 9.00. The van der Waals surface area contributed by atoms with Crippen LogP contribution >= 0.6 is 11.8 Å². The lowest BCUT2D eigenvalue weighted by molar-refractivity contribution is -0.705. The molecule has 0 atom stereocenters. The third-order valence-electron chi connectivity index (χ3n) is 3.92. The van der Waals surface area contributed by atoms with Crippen LogP contribution in [0.15, 0.2) is 58.1 Å². The summed E-state index contributed by atoms with van der Waals surface area (Å²) in [5.74, 6) is 0.972. The van der Waals surface area contributed by atoms with Gasteiger partial charge in [-0.15, -0.1) is 0 Å². The first-order valence-corrected chi connectivity index (χ1v) is 9.99. The number of para-hydroxylation sites is 2. The molecule has 0 bridgehead atoms. The fourth-order valence-corrected chi connectivity index (χ4v) is 3.45. The van der Waals surface area contributed by atoms with E-state index in [1.807, 2.05) is 19.1 Å². The summed E-state index contributed by atoms with van der Waals surface area (Å²) in [5.41, 5.74) is 1.28. The molecule has 29 heavy (non-hydrogen) atoms. The molecule has 0 aliphatic carbocycles. The third kappa shape index (κ3) is 5.20. The van der Waals surface area contributed by atoms with Gasteiger partial charge >= 0.3 is 0 Å². The van der Waals surface area contributed by atoms with Gasteiger partial charge in [-0.25, -0.2) is 0 Å². The number of anilines is 1. The zero-order valence-corrected chi connectivity index (χ0v) is 16.9. The number of amides is 1. The zero-order valence-electron chi connectivity index (χ0n) is 16.1. The topological polar surface area (TPSA) is 101 Å². The van der Waals surface area contributed by atoms with Crippen molar-refractivity contribution in [3.05, 3.63) is 48.5 Å². The maximum Gasteiger partial charge on any atom is 0.297 e. The van der Waals surface area contributed by atoms with E-state index >= 15 is 0 Å². The fourth-order valence-electron chi connectivity index (χ4n) is 2.55. The number of rotatable bonds is 9. The van der Waals surface area contributed by atoms with Gasteiger partial charge in [0.25, 0.3) is 5.03 Å². The van der Waals surface area contributed by atoms with Crippen molar-refractivity contribution in [2.75, 3.05) is 24.8 Å². The molecule has 8 nitrogen and oxygen atoms in total. The molecular weight excluding hydrogens is 394 g/mol. The van der Waals surface area contributed by atoms with E-state index in [-0.39, 0.29) is 12.3 Å². The van der Waals surface area contributed by atoms with Gasteiger partial charge in [0.05, 0.1) is 24.7 Å². The normalized spacial score (nSPS) is 10.6. The number of methoxy groups -OCH3 is 1. The first-order chi connectivity index (χ1) is 14.1. The number of carbonyl (C=O) groups excluding carboxylic acids is 1. The van der Waals surface area contributed by atoms with Crippen LogP contribution in [0.4, 0.5) is 5.69 Å². The summed E-state index contributed by atoms with van der Waals surface area (Å²) in [4.78, 5) is 12.3. The summed E-state index contributed by atoms with van der Waals surface area (Å²) in [6.45, 7) is 2.39. The zero-order chi connectivity index (χ0) is 20.6. The van der Waals surface area contributed by atoms with Crippen molar-refractivity contribution < 1.29 is 28.6 Å². The highest BCUT2D eigenvalue weighted by molar-refractivity contribution is 7.99. The number of nitrogens with zero attached hydrogens (tertiary/aromatic N) is 2. The highest BCUT2D eigenvalue weighted by Crippen LogP contribution is 2.26. The molecule has 152 valence electrons. The first kappa shape index (κ1) is 20.5. The summed E-state index contributed by atoms with van der Waals surface area (Å²) in [6.07, 6.45) is 0.207. The van der Waals surface area contributed by atoms with Gasteiger partial charge in [0.15, 0.2) is 5.95 Å². The largest absolute Gasteiger partial charge is 0.538 e. The molecule has 0 unspecified atom stereocenters. The van der Waals surface area contributed by atoms with Gasteiger partial charge in [-0.3, -0.25) is 4.79 Å². The Bertz CT molecular complexity index is 959. The summed E-state index contributed by atoms with van der Waals surface area (Å²) < 4.78 is 16.8. The van der Waals surface area contributed by atoms with Crippen LogP contribution < -0.4 is 24.6 Å². The number of benzene rings is 2. The second-order valence-electron chi connectivity index (χ2n) is 5.85. The molecule has 1 N–H and O–H groups in total. The van der Waals surface area contributed by atoms with Crippen LogP contribution in [0.25, 0.3) is 5.69 Å². The molecule has 1 aromatic heterocycles. The van der Waals surface area contributed by atoms with Crippen molar-refractivity contribution in [3.8, 4) is 23.1 Å². The Morgan fingerprint density at radius 2 is 2.00 bits per heavy atom. The lowest BCUT2D eigenvalue weighted by atomic mass is 10.3. The van der Waals surface area contributed by atoms with Gasteiger partial charge in [-0.05, 0) is 35.9 Å². The Kier molecular flexibility index (Phi) is 6.96. The van der Waals surface area contributed by atoms with Gasteiger partial charge in [-0.1, -0.05) is 23.9 Å². The molecule has 0 saturated carbocycles. The second kappa shape index (κ2) is 9.83. The lowest BCUT2D eigenvalue weighted by Gasteiger charge is -2.10. The number of nitrogens with one attached hydrogen (secondary N) is 1. The summed E-state index contributed by atoms with van der Waals surface area (Å²) in [5, 5.41) is 18.9. The van der Waals surface area contributed by atoms with E-state index in [1.165, 1.54) is 16.4 Å². The molecule has 0 aliphatic rings. The molecular formula is C20H21N3O5S. The molecule has 0 aliphatic heterocycles. The minimum absolute atomic E-state index is 0.176. The van der Waals surface area contributed by atoms with Crippen LogP contribution in [-0.4, -0.2) is 30.6 Å². The Morgan fingerprint density at radius 3 is 2.72 bits per heavy atom. The van der Waals surface area contributed by atoms with Gasteiger partial charge in [-0.2, -0.15) is 0 Å². The molecule has 2 aromatic carbocycles. The highest BCUT2D eigenvalue weighted by atomic mass is 32.2. The van der Waals surface area contributed by atoms with Crippen LogP contribution in [0.5, 0.6) is 17.4 Å². The Morgan fingerprint density at radius 1 is 1.24 bits per heavy atom. The maximum absolute atomic E-state index is 12.3. The predicted octanol–water partition coefficient (Wildman–Crippen LogP) is 2.55. The number of ether oxygens (including phenoxy) is 2. The lowest BCUT2D eigenvalue weighted by Crippen LogP contribution is -2.34. The smallest absolute Gasteiger partial charge is 0.297 e. The van der Waals surface area contributed by atoms with Crippen molar-refractivity contribution in [1.82, 2.24) is 5.27 Å². The Balaban J connectivity index is 1.61. The molecule has 0 spiro atoms. The SMILES string of the molecule is CCOc1ccccc1NC(=O)CCSc1c([O-])on[n+]1-c1ccc(OC)cc1. The Labute approximate surface area is 172 Å². The maximum atomic E-state index is 12.3. The fraction of sp³-hybridized carbons (Fsp3) is 0.250. The molecule has 0 radical (unpaired) electrons. The number of carbonyl (C=O) groups is 1. The van der Waals surface area contributed by atoms with E-state index in [9.17, 15) is 9.90 Å². The van der Waals surface area contributed by atoms with Crippen molar-refractivity contribution >= 4 is 23.4 Å². The van der Waals surface area contributed by atoms with E-state index in [0.29, 0.717) is 40.3 Å². The quantitative estimate of drug-likeness (QED) is 0.423.